The maximum Gasteiger partial charge on any atom is 0.187 e. The molecule has 6 heterocycles. The van der Waals surface area contributed by atoms with Gasteiger partial charge in [-0.25, -0.2) is 0 Å². The Labute approximate surface area is 557 Å². The Morgan fingerprint density at radius 1 is 0.552 bits per heavy atom. The summed E-state index contributed by atoms with van der Waals surface area (Å²) in [5, 5.41) is 219. The van der Waals surface area contributed by atoms with Crippen molar-refractivity contribution in [2.45, 2.75) is 303 Å². The quantitative estimate of drug-likeness (QED) is 0.0476. The lowest BCUT2D eigenvalue weighted by Crippen LogP contribution is -2.68. The molecule has 0 aromatic carbocycles. The summed E-state index contributed by atoms with van der Waals surface area (Å²) in [5.74, 6) is -1.66. The minimum atomic E-state index is -1.92. The molecule has 4 aliphatic carbocycles. The molecule has 10 rings (SSSR count). The van der Waals surface area contributed by atoms with Crippen molar-refractivity contribution in [3.05, 3.63) is 11.6 Å². The first-order valence-electron chi connectivity index (χ1n) is 34.2. The standard InChI is InChI=1S/C65H110O31/c1-25(9-13-39(62(4,5)85)95-60-55(96-59-53(84)49(80)43(74)33(21-68)91-59)50(81)45(76)35(93-60)23-87-56-30(70)17-26(69)22-86-56)27-15-16-63(6)36-12-10-28-29(65(36,8)37(71)18-64(27,63)7)11-14-38(61(28,2)3)94-57-40(54-51(82)47(78)41(72)31(19-66)89-54)46(77)44(75)34(92-57)24-88-58-52(83)48(79)42(73)32(20-67)90-58/h10,25-27,29-60,66-85H,9,11-24H2,1-8H3/t25-,26+,27?,29?,30-,31+,32-,33+,34-,35-,36?,37-,38+,39-,40+,41+,42-,43+,44-,45-,46-,47-,48+,49-,50+,51+,52-,53+,54?,55-,56+,57+,58-,59-,60+,63+,64-,65+/m1/s1. The van der Waals surface area contributed by atoms with Crippen LogP contribution in [0.1, 0.15) is 113 Å². The number of fused-ring (bicyclic) bond motifs is 5. The molecule has 4 unspecified atom stereocenters. The predicted octanol–water partition coefficient (Wildman–Crippen LogP) is -5.64. The first kappa shape index (κ1) is 77.1. The molecule has 3 saturated carbocycles. The van der Waals surface area contributed by atoms with Gasteiger partial charge in [0.15, 0.2) is 31.5 Å². The fourth-order valence-corrected chi connectivity index (χ4v) is 18.6. The first-order chi connectivity index (χ1) is 45.0. The van der Waals surface area contributed by atoms with E-state index in [1.165, 1.54) is 13.8 Å². The van der Waals surface area contributed by atoms with E-state index in [2.05, 4.69) is 33.8 Å². The van der Waals surface area contributed by atoms with Gasteiger partial charge in [-0.05, 0) is 99.7 Å². The molecule has 10 aliphatic rings. The molecule has 0 radical (unpaired) electrons. The zero-order chi connectivity index (χ0) is 70.4. The Kier molecular flexibility index (Phi) is 24.0. The molecule has 6 aliphatic heterocycles. The minimum Gasteiger partial charge on any atom is -0.394 e. The molecule has 20 N–H and O–H groups in total. The van der Waals surface area contributed by atoms with Gasteiger partial charge >= 0.3 is 0 Å². The molecule has 0 spiro atoms. The second-order valence-electron chi connectivity index (χ2n) is 31.1. The molecule has 31 heteroatoms. The van der Waals surface area contributed by atoms with E-state index in [0.29, 0.717) is 32.1 Å². The summed E-state index contributed by atoms with van der Waals surface area (Å²) in [7, 11) is 0. The molecular formula is C65H110O31. The molecular weight excluding hydrogens is 1280 g/mol. The summed E-state index contributed by atoms with van der Waals surface area (Å²) in [4.78, 5) is 0. The van der Waals surface area contributed by atoms with Crippen molar-refractivity contribution in [2.75, 3.05) is 39.6 Å². The molecule has 0 bridgehead atoms. The van der Waals surface area contributed by atoms with Crippen LogP contribution in [0.2, 0.25) is 0 Å². The SMILES string of the molecule is C[C@H](CC[C@@H](O[C@@H]1O[C@H](CO[C@@H]2OC[C@@H](O)C[C@H]2O)[C@@H](O)[C@H](O)[C@H]1O[C@H]1O[C@@H](CO)[C@H](O)[C@@H](O)[C@@H]1O)C(C)(C)O)C1CC[C@@]2(C)C3CC=C4C(CC[C@H](O[C@@H]5O[C@H](CO[C@@H]6O[C@H](CO)[C@@H](O)[C@H](O)[C@H]6O)[C@@H](O)[C@H](O)[C@H]5C5O[C@@H](CO)[C@H](O)[C@@H](O)[C@@H]5O)C4(C)C)[C@]3(C)[C@H](O)C[C@]12C. The van der Waals surface area contributed by atoms with E-state index in [9.17, 15) is 102 Å². The summed E-state index contributed by atoms with van der Waals surface area (Å²) < 4.78 is 66.5. The first-order valence-corrected chi connectivity index (χ1v) is 34.2. The number of ether oxygens (including phenoxy) is 11. The summed E-state index contributed by atoms with van der Waals surface area (Å²) >= 11 is 0. The number of allylic oxidation sites excluding steroid dienone is 1. The molecule has 9 fully saturated rings. The smallest absolute Gasteiger partial charge is 0.187 e. The van der Waals surface area contributed by atoms with Gasteiger partial charge in [0.1, 0.15) is 116 Å². The number of rotatable bonds is 21. The molecule has 0 aromatic rings. The molecule has 31 nitrogen and oxygen atoms in total. The fourth-order valence-electron chi connectivity index (χ4n) is 18.6. The molecule has 0 aromatic heterocycles. The van der Waals surface area contributed by atoms with Crippen LogP contribution in [0.4, 0.5) is 0 Å². The minimum absolute atomic E-state index is 0.0222. The van der Waals surface area contributed by atoms with Crippen LogP contribution < -0.4 is 0 Å². The predicted molar refractivity (Wildman–Crippen MR) is 324 cm³/mol. The van der Waals surface area contributed by atoms with Gasteiger partial charge in [-0.15, -0.1) is 0 Å². The lowest BCUT2D eigenvalue weighted by atomic mass is 9.38. The third-order valence-corrected chi connectivity index (χ3v) is 24.7. The van der Waals surface area contributed by atoms with E-state index in [-0.39, 0.29) is 48.5 Å². The monoisotopic (exact) mass is 1390 g/mol. The number of hydrogen-bond acceptors (Lipinski definition) is 31. The lowest BCUT2D eigenvalue weighted by molar-refractivity contribution is -0.378. The number of aliphatic hydroxyl groups excluding tert-OH is 19. The largest absolute Gasteiger partial charge is 0.394 e. The van der Waals surface area contributed by atoms with E-state index in [1.807, 2.05) is 13.8 Å². The zero-order valence-electron chi connectivity index (χ0n) is 55.8. The highest BCUT2D eigenvalue weighted by atomic mass is 16.8. The molecule has 38 atom stereocenters. The summed E-state index contributed by atoms with van der Waals surface area (Å²) in [6.07, 6.45) is -40.2. The molecule has 556 valence electrons. The molecule has 96 heavy (non-hydrogen) atoms. The van der Waals surface area contributed by atoms with Crippen LogP contribution in [0.5, 0.6) is 0 Å². The molecule has 6 saturated heterocycles. The van der Waals surface area contributed by atoms with E-state index in [1.54, 1.807) is 0 Å². The van der Waals surface area contributed by atoms with Gasteiger partial charge in [0.2, 0.25) is 0 Å². The van der Waals surface area contributed by atoms with Crippen LogP contribution in [-0.4, -0.2) is 331 Å². The van der Waals surface area contributed by atoms with E-state index in [0.717, 1.165) is 18.4 Å². The third-order valence-electron chi connectivity index (χ3n) is 24.7. The van der Waals surface area contributed by atoms with Crippen molar-refractivity contribution in [2.24, 2.45) is 51.2 Å². The Bertz CT molecular complexity index is 2560. The van der Waals surface area contributed by atoms with Crippen LogP contribution in [-0.2, 0) is 52.1 Å². The van der Waals surface area contributed by atoms with Crippen molar-refractivity contribution in [1.82, 2.24) is 0 Å². The lowest BCUT2D eigenvalue weighted by Gasteiger charge is -2.67. The van der Waals surface area contributed by atoms with E-state index in [4.69, 9.17) is 52.1 Å². The Balaban J connectivity index is 0.854. The maximum atomic E-state index is 13.0. The van der Waals surface area contributed by atoms with Gasteiger partial charge in [-0.1, -0.05) is 53.2 Å². The third kappa shape index (κ3) is 14.1. The van der Waals surface area contributed by atoms with Crippen LogP contribution in [0.3, 0.4) is 0 Å². The number of aliphatic hydroxyl groups is 20. The van der Waals surface area contributed by atoms with Crippen LogP contribution in [0.15, 0.2) is 11.6 Å². The highest BCUT2D eigenvalue weighted by molar-refractivity contribution is 5.32. The van der Waals surface area contributed by atoms with Gasteiger partial charge in [0.25, 0.3) is 0 Å². The highest BCUT2D eigenvalue weighted by Crippen LogP contribution is 2.75. The van der Waals surface area contributed by atoms with Gasteiger partial charge in [0.05, 0.1) is 87.8 Å². The second-order valence-corrected chi connectivity index (χ2v) is 31.1. The topological polar surface area (TPSA) is 506 Å². The van der Waals surface area contributed by atoms with E-state index >= 15 is 0 Å². The Morgan fingerprint density at radius 3 is 1.68 bits per heavy atom. The second kappa shape index (κ2) is 29.9. The average molecular weight is 1390 g/mol. The molecule has 0 amide bonds. The van der Waals surface area contributed by atoms with Gasteiger partial charge < -0.3 is 154 Å². The van der Waals surface area contributed by atoms with Crippen molar-refractivity contribution in [3.8, 4) is 0 Å². The number of hydrogen-bond donors (Lipinski definition) is 20. The average Bonchev–Trinajstić information content (AvgIpc) is 1.26. The summed E-state index contributed by atoms with van der Waals surface area (Å²) in [6.45, 7) is 12.4. The Hall–Kier alpha value is -1.50. The van der Waals surface area contributed by atoms with Crippen molar-refractivity contribution in [3.63, 3.8) is 0 Å². The van der Waals surface area contributed by atoms with Crippen LogP contribution >= 0.6 is 0 Å². The van der Waals surface area contributed by atoms with Crippen LogP contribution in [0.25, 0.3) is 0 Å². The normalized spacial score (nSPS) is 52.2. The highest BCUT2D eigenvalue weighted by Gasteiger charge is 2.71. The van der Waals surface area contributed by atoms with Gasteiger partial charge in [-0.3, -0.25) is 0 Å². The van der Waals surface area contributed by atoms with Crippen molar-refractivity contribution >= 4 is 0 Å². The zero-order valence-corrected chi connectivity index (χ0v) is 55.8. The summed E-state index contributed by atoms with van der Waals surface area (Å²) in [5.41, 5.74) is -2.81. The maximum absolute atomic E-state index is 13.0. The van der Waals surface area contributed by atoms with Crippen molar-refractivity contribution in [1.29, 1.82) is 0 Å². The van der Waals surface area contributed by atoms with Crippen LogP contribution in [0, 0.1) is 51.2 Å². The van der Waals surface area contributed by atoms with Gasteiger partial charge in [0, 0.05) is 17.3 Å². The van der Waals surface area contributed by atoms with Gasteiger partial charge in [-0.2, -0.15) is 0 Å². The van der Waals surface area contributed by atoms with E-state index < -0.39 is 245 Å². The van der Waals surface area contributed by atoms with Crippen molar-refractivity contribution < 1.29 is 154 Å². The fraction of sp³-hybridized carbons (Fsp3) is 0.969. The summed E-state index contributed by atoms with van der Waals surface area (Å²) in [6, 6.07) is 0. The Morgan fingerprint density at radius 2 is 1.08 bits per heavy atom.